The summed E-state index contributed by atoms with van der Waals surface area (Å²) in [6, 6.07) is 8.54. The van der Waals surface area contributed by atoms with Crippen LogP contribution in [0.2, 0.25) is 0 Å². The van der Waals surface area contributed by atoms with E-state index in [4.69, 9.17) is 0 Å². The number of para-hydroxylation sites is 1. The second kappa shape index (κ2) is 1.98. The lowest BCUT2D eigenvalue weighted by Gasteiger charge is -2.19. The molecule has 1 fully saturated rings. The first-order chi connectivity index (χ1) is 5.91. The molecule has 0 saturated heterocycles. The predicted octanol–water partition coefficient (Wildman–Crippen LogP) is 2.82. The molecule has 3 rings (SSSR count). The fraction of sp³-hybridized carbons (Fsp3) is 0.364. The molecule has 12 heavy (non-hydrogen) atoms. The minimum absolute atomic E-state index is 0.512. The third-order valence-corrected chi connectivity index (χ3v) is 3.04. The molecule has 0 N–H and O–H groups in total. The average molecular weight is 157 g/mol. The first-order valence-electron chi connectivity index (χ1n) is 4.53. The Bertz CT molecular complexity index is 348. The van der Waals surface area contributed by atoms with Crippen molar-refractivity contribution in [3.63, 3.8) is 0 Å². The highest BCUT2D eigenvalue weighted by atomic mass is 14.8. The normalized spacial score (nSPS) is 22.3. The maximum Gasteiger partial charge on any atom is 0.0663 e. The monoisotopic (exact) mass is 157 g/mol. The van der Waals surface area contributed by atoms with Crippen molar-refractivity contribution < 1.29 is 0 Å². The first kappa shape index (κ1) is 6.41. The van der Waals surface area contributed by atoms with Crippen LogP contribution >= 0.6 is 0 Å². The lowest BCUT2D eigenvalue weighted by Crippen LogP contribution is -2.10. The van der Waals surface area contributed by atoms with E-state index in [0.717, 1.165) is 6.42 Å². The second-order valence-electron chi connectivity index (χ2n) is 3.81. The zero-order valence-electron chi connectivity index (χ0n) is 6.96. The summed E-state index contributed by atoms with van der Waals surface area (Å²) in [5.41, 5.74) is 3.19. The van der Waals surface area contributed by atoms with Crippen LogP contribution in [0.5, 0.6) is 0 Å². The van der Waals surface area contributed by atoms with Crippen molar-refractivity contribution in [2.45, 2.75) is 24.7 Å². The van der Waals surface area contributed by atoms with E-state index < -0.39 is 0 Å². The van der Waals surface area contributed by atoms with Crippen molar-refractivity contribution in [2.24, 2.45) is 4.99 Å². The maximum absolute atomic E-state index is 4.40. The van der Waals surface area contributed by atoms with Gasteiger partial charge in [0.15, 0.2) is 0 Å². The molecule has 0 amide bonds. The highest BCUT2D eigenvalue weighted by molar-refractivity contribution is 5.73. The molecule has 0 radical (unpaired) electrons. The van der Waals surface area contributed by atoms with E-state index in [1.165, 1.54) is 24.1 Å². The van der Waals surface area contributed by atoms with Crippen molar-refractivity contribution in [1.82, 2.24) is 0 Å². The number of benzene rings is 1. The quantitative estimate of drug-likeness (QED) is 0.549. The summed E-state index contributed by atoms with van der Waals surface area (Å²) < 4.78 is 0. The van der Waals surface area contributed by atoms with E-state index in [1.807, 2.05) is 0 Å². The van der Waals surface area contributed by atoms with Crippen LogP contribution in [0.4, 0.5) is 5.69 Å². The Balaban J connectivity index is 2.23. The van der Waals surface area contributed by atoms with Gasteiger partial charge < -0.3 is 0 Å². The third kappa shape index (κ3) is 0.711. The zero-order valence-corrected chi connectivity index (χ0v) is 6.96. The topological polar surface area (TPSA) is 12.4 Å². The van der Waals surface area contributed by atoms with Gasteiger partial charge in [-0.2, -0.15) is 0 Å². The molecule has 1 heterocycles. The van der Waals surface area contributed by atoms with Gasteiger partial charge in [0.25, 0.3) is 0 Å². The van der Waals surface area contributed by atoms with Crippen LogP contribution in [0.1, 0.15) is 24.8 Å². The molecule has 0 unspecified atom stereocenters. The Morgan fingerprint density at radius 3 is 2.83 bits per heavy atom. The van der Waals surface area contributed by atoms with E-state index in [9.17, 15) is 0 Å². The van der Waals surface area contributed by atoms with Gasteiger partial charge in [-0.15, -0.1) is 0 Å². The Hall–Kier alpha value is -1.11. The van der Waals surface area contributed by atoms with Crippen LogP contribution in [0, 0.1) is 0 Å². The molecule has 1 spiro atoms. The Labute approximate surface area is 72.1 Å². The number of nitrogens with zero attached hydrogens (tertiary/aromatic N) is 1. The SMILES string of the molecule is C1=Nc2ccccc2C2(C1)CC2. The number of hydrogen-bond acceptors (Lipinski definition) is 1. The van der Waals surface area contributed by atoms with Gasteiger partial charge in [-0.25, -0.2) is 0 Å². The predicted molar refractivity (Wildman–Crippen MR) is 50.1 cm³/mol. The van der Waals surface area contributed by atoms with Gasteiger partial charge in [-0.3, -0.25) is 4.99 Å². The van der Waals surface area contributed by atoms with Gasteiger partial charge in [0.05, 0.1) is 5.69 Å². The molecular formula is C11H11N. The van der Waals surface area contributed by atoms with Gasteiger partial charge in [0.2, 0.25) is 0 Å². The van der Waals surface area contributed by atoms with Crippen LogP contribution in [0.15, 0.2) is 29.3 Å². The van der Waals surface area contributed by atoms with E-state index >= 15 is 0 Å². The van der Waals surface area contributed by atoms with E-state index in [1.54, 1.807) is 0 Å². The largest absolute Gasteiger partial charge is 0.261 e. The molecule has 1 nitrogen and oxygen atoms in total. The average Bonchev–Trinajstić information content (AvgIpc) is 2.87. The lowest BCUT2D eigenvalue weighted by molar-refractivity contribution is 0.727. The summed E-state index contributed by atoms with van der Waals surface area (Å²) in [7, 11) is 0. The highest BCUT2D eigenvalue weighted by Gasteiger charge is 2.45. The van der Waals surface area contributed by atoms with Crippen molar-refractivity contribution in [3.05, 3.63) is 29.8 Å². The molecule has 60 valence electrons. The summed E-state index contributed by atoms with van der Waals surface area (Å²) in [5.74, 6) is 0. The van der Waals surface area contributed by atoms with Crippen molar-refractivity contribution >= 4 is 11.9 Å². The van der Waals surface area contributed by atoms with Crippen LogP contribution < -0.4 is 0 Å². The second-order valence-corrected chi connectivity index (χ2v) is 3.81. The third-order valence-electron chi connectivity index (χ3n) is 3.04. The summed E-state index contributed by atoms with van der Waals surface area (Å²) in [6.07, 6.45) is 5.95. The summed E-state index contributed by atoms with van der Waals surface area (Å²) in [6.45, 7) is 0. The Morgan fingerprint density at radius 1 is 1.17 bits per heavy atom. The van der Waals surface area contributed by atoms with Crippen molar-refractivity contribution in [3.8, 4) is 0 Å². The zero-order chi connectivity index (χ0) is 8.02. The molecular weight excluding hydrogens is 146 g/mol. The minimum atomic E-state index is 0.512. The maximum atomic E-state index is 4.40. The van der Waals surface area contributed by atoms with Gasteiger partial charge in [0, 0.05) is 11.6 Å². The van der Waals surface area contributed by atoms with Crippen LogP contribution in [0.3, 0.4) is 0 Å². The van der Waals surface area contributed by atoms with Gasteiger partial charge in [0.1, 0.15) is 0 Å². The standard InChI is InChI=1S/C11H11N/c1-2-4-10-9(3-1)11(5-6-11)7-8-12-10/h1-4,8H,5-7H2. The van der Waals surface area contributed by atoms with E-state index in [0.29, 0.717) is 5.41 Å². The molecule has 1 aromatic rings. The first-order valence-corrected chi connectivity index (χ1v) is 4.53. The molecule has 1 aromatic carbocycles. The highest BCUT2D eigenvalue weighted by Crippen LogP contribution is 2.54. The molecule has 0 atom stereocenters. The van der Waals surface area contributed by atoms with Gasteiger partial charge >= 0.3 is 0 Å². The summed E-state index contributed by atoms with van der Waals surface area (Å²) in [5, 5.41) is 0. The fourth-order valence-corrected chi connectivity index (χ4v) is 2.09. The van der Waals surface area contributed by atoms with Crippen LogP contribution in [-0.2, 0) is 5.41 Å². The lowest BCUT2D eigenvalue weighted by atomic mass is 9.90. The molecule has 0 bridgehead atoms. The Morgan fingerprint density at radius 2 is 2.00 bits per heavy atom. The summed E-state index contributed by atoms with van der Waals surface area (Å²) in [4.78, 5) is 4.40. The molecule has 1 aliphatic heterocycles. The number of rotatable bonds is 0. The van der Waals surface area contributed by atoms with Crippen molar-refractivity contribution in [1.29, 1.82) is 0 Å². The van der Waals surface area contributed by atoms with Gasteiger partial charge in [-0.1, -0.05) is 18.2 Å². The van der Waals surface area contributed by atoms with E-state index in [-0.39, 0.29) is 0 Å². The molecule has 0 aromatic heterocycles. The molecule has 1 heteroatoms. The Kier molecular flexibility index (Phi) is 1.06. The van der Waals surface area contributed by atoms with Gasteiger partial charge in [-0.05, 0) is 30.9 Å². The van der Waals surface area contributed by atoms with Crippen LogP contribution in [-0.4, -0.2) is 6.21 Å². The number of hydrogen-bond donors (Lipinski definition) is 0. The molecule has 1 saturated carbocycles. The smallest absolute Gasteiger partial charge is 0.0663 e. The summed E-state index contributed by atoms with van der Waals surface area (Å²) >= 11 is 0. The van der Waals surface area contributed by atoms with E-state index in [2.05, 4.69) is 35.5 Å². The number of fused-ring (bicyclic) bond motifs is 2. The van der Waals surface area contributed by atoms with Crippen LogP contribution in [0.25, 0.3) is 0 Å². The molecule has 1 aliphatic carbocycles. The fourth-order valence-electron chi connectivity index (χ4n) is 2.09. The molecule has 2 aliphatic rings. The minimum Gasteiger partial charge on any atom is -0.261 e. The van der Waals surface area contributed by atoms with Crippen molar-refractivity contribution in [2.75, 3.05) is 0 Å². The number of aliphatic imine (C=N–C) groups is 1.